The number of aromatic nitrogens is 4. The Morgan fingerprint density at radius 1 is 1.39 bits per heavy atom. The van der Waals surface area contributed by atoms with Crippen molar-refractivity contribution in [3.05, 3.63) is 51.1 Å². The summed E-state index contributed by atoms with van der Waals surface area (Å²) in [6, 6.07) is 5.87. The van der Waals surface area contributed by atoms with Crippen molar-refractivity contribution in [1.82, 2.24) is 19.7 Å². The van der Waals surface area contributed by atoms with Crippen molar-refractivity contribution >= 4 is 27.0 Å². The lowest BCUT2D eigenvalue weighted by molar-refractivity contribution is 0.886. The number of halogens is 1. The van der Waals surface area contributed by atoms with Crippen LogP contribution < -0.4 is 5.56 Å². The molecule has 0 bridgehead atoms. The van der Waals surface area contributed by atoms with Crippen molar-refractivity contribution in [2.45, 2.75) is 6.92 Å². The van der Waals surface area contributed by atoms with Gasteiger partial charge in [-0.05, 0) is 30.7 Å². The molecule has 2 aromatic heterocycles. The molecule has 5 nitrogen and oxygen atoms in total. The average Bonchev–Trinajstić information content (AvgIpc) is 2.74. The molecule has 3 rings (SSSR count). The molecule has 0 atom stereocenters. The molecule has 6 heteroatoms. The second-order valence-electron chi connectivity index (χ2n) is 3.96. The Hall–Kier alpha value is -1.95. The summed E-state index contributed by atoms with van der Waals surface area (Å²) in [5.74, 6) is 0. The zero-order valence-corrected chi connectivity index (χ0v) is 11.1. The van der Waals surface area contributed by atoms with Crippen molar-refractivity contribution in [3.63, 3.8) is 0 Å². The van der Waals surface area contributed by atoms with Gasteiger partial charge in [0.05, 0.1) is 18.2 Å². The fourth-order valence-corrected chi connectivity index (χ4v) is 2.36. The predicted molar refractivity (Wildman–Crippen MR) is 71.9 cm³/mol. The molecule has 0 unspecified atom stereocenters. The Morgan fingerprint density at radius 2 is 2.22 bits per heavy atom. The van der Waals surface area contributed by atoms with Gasteiger partial charge in [0.2, 0.25) is 0 Å². The average molecular weight is 305 g/mol. The highest BCUT2D eigenvalue weighted by Gasteiger charge is 2.10. The van der Waals surface area contributed by atoms with Gasteiger partial charge in [0.25, 0.3) is 5.56 Å². The van der Waals surface area contributed by atoms with E-state index in [1.807, 2.05) is 25.1 Å². The SMILES string of the molecule is Cc1cc(Br)ccc1-n1ncc2c(=O)[nH]cnc21. The number of H-pyrrole nitrogens is 1. The molecular formula is C12H9BrN4O. The number of nitrogens with one attached hydrogen (secondary N) is 1. The van der Waals surface area contributed by atoms with E-state index >= 15 is 0 Å². The zero-order valence-electron chi connectivity index (χ0n) is 9.51. The molecule has 1 N–H and O–H groups in total. The van der Waals surface area contributed by atoms with E-state index in [0.29, 0.717) is 11.0 Å². The van der Waals surface area contributed by atoms with Crippen molar-refractivity contribution in [1.29, 1.82) is 0 Å². The van der Waals surface area contributed by atoms with Crippen LogP contribution in [0.1, 0.15) is 5.56 Å². The molecule has 2 heterocycles. The number of fused-ring (bicyclic) bond motifs is 1. The smallest absolute Gasteiger partial charge is 0.261 e. The van der Waals surface area contributed by atoms with Gasteiger partial charge in [-0.3, -0.25) is 4.79 Å². The molecule has 0 saturated carbocycles. The van der Waals surface area contributed by atoms with Crippen molar-refractivity contribution in [3.8, 4) is 5.69 Å². The zero-order chi connectivity index (χ0) is 12.7. The summed E-state index contributed by atoms with van der Waals surface area (Å²) in [7, 11) is 0. The van der Waals surface area contributed by atoms with Gasteiger partial charge in [-0.1, -0.05) is 15.9 Å². The molecule has 1 aromatic carbocycles. The van der Waals surface area contributed by atoms with Crippen molar-refractivity contribution in [2.24, 2.45) is 0 Å². The predicted octanol–water partition coefficient (Wildman–Crippen LogP) is 2.18. The number of hydrogen-bond donors (Lipinski definition) is 1. The molecule has 0 spiro atoms. The van der Waals surface area contributed by atoms with Gasteiger partial charge in [0.1, 0.15) is 5.39 Å². The second-order valence-corrected chi connectivity index (χ2v) is 4.87. The van der Waals surface area contributed by atoms with Crippen LogP contribution >= 0.6 is 15.9 Å². The van der Waals surface area contributed by atoms with Crippen molar-refractivity contribution < 1.29 is 0 Å². The third-order valence-electron chi connectivity index (χ3n) is 2.76. The molecule has 3 aromatic rings. The summed E-state index contributed by atoms with van der Waals surface area (Å²) < 4.78 is 2.68. The number of rotatable bonds is 1. The van der Waals surface area contributed by atoms with Gasteiger partial charge in [-0.25, -0.2) is 9.67 Å². The van der Waals surface area contributed by atoms with E-state index in [0.717, 1.165) is 15.7 Å². The van der Waals surface area contributed by atoms with Gasteiger partial charge >= 0.3 is 0 Å². The Balaban J connectivity index is 2.32. The van der Waals surface area contributed by atoms with Crippen molar-refractivity contribution in [2.75, 3.05) is 0 Å². The minimum Gasteiger partial charge on any atom is -0.312 e. The maximum atomic E-state index is 11.6. The van der Waals surface area contributed by atoms with Gasteiger partial charge in [0.15, 0.2) is 5.65 Å². The first-order chi connectivity index (χ1) is 8.66. The van der Waals surface area contributed by atoms with E-state index in [1.54, 1.807) is 4.68 Å². The Kier molecular flexibility index (Phi) is 2.52. The largest absolute Gasteiger partial charge is 0.312 e. The first kappa shape index (κ1) is 11.2. The van der Waals surface area contributed by atoms with Crippen LogP contribution in [0.15, 0.2) is 40.0 Å². The van der Waals surface area contributed by atoms with E-state index in [2.05, 4.69) is 31.0 Å². The second kappa shape index (κ2) is 4.06. The minimum atomic E-state index is -0.180. The van der Waals surface area contributed by atoms with Gasteiger partial charge in [-0.2, -0.15) is 5.10 Å². The first-order valence-electron chi connectivity index (χ1n) is 5.35. The maximum Gasteiger partial charge on any atom is 0.261 e. The van der Waals surface area contributed by atoms with E-state index in [9.17, 15) is 4.79 Å². The highest BCUT2D eigenvalue weighted by Crippen LogP contribution is 2.21. The van der Waals surface area contributed by atoms with E-state index in [4.69, 9.17) is 0 Å². The molecule has 0 amide bonds. The normalized spacial score (nSPS) is 11.0. The number of nitrogens with zero attached hydrogens (tertiary/aromatic N) is 3. The number of benzene rings is 1. The number of aromatic amines is 1. The Morgan fingerprint density at radius 3 is 3.00 bits per heavy atom. The van der Waals surface area contributed by atoms with E-state index < -0.39 is 0 Å². The summed E-state index contributed by atoms with van der Waals surface area (Å²) in [5.41, 5.74) is 2.34. The van der Waals surface area contributed by atoms with Gasteiger partial charge < -0.3 is 4.98 Å². The summed E-state index contributed by atoms with van der Waals surface area (Å²) in [6.45, 7) is 1.99. The van der Waals surface area contributed by atoms with Crippen LogP contribution in [-0.4, -0.2) is 19.7 Å². The highest BCUT2D eigenvalue weighted by molar-refractivity contribution is 9.10. The standard InChI is InChI=1S/C12H9BrN4O/c1-7-4-8(13)2-3-10(7)17-11-9(5-16-17)12(18)15-6-14-11/h2-6H,1H3,(H,14,15,18). The molecule has 0 aliphatic heterocycles. The molecule has 0 saturated heterocycles. The van der Waals surface area contributed by atoms with E-state index in [1.165, 1.54) is 12.5 Å². The monoisotopic (exact) mass is 304 g/mol. The molecule has 0 aliphatic rings. The van der Waals surface area contributed by atoms with Crippen LogP contribution in [0.2, 0.25) is 0 Å². The topological polar surface area (TPSA) is 63.6 Å². The highest BCUT2D eigenvalue weighted by atomic mass is 79.9. The molecule has 90 valence electrons. The fourth-order valence-electron chi connectivity index (χ4n) is 1.89. The molecule has 0 radical (unpaired) electrons. The van der Waals surface area contributed by atoms with E-state index in [-0.39, 0.29) is 5.56 Å². The van der Waals surface area contributed by atoms with Crippen LogP contribution in [-0.2, 0) is 0 Å². The van der Waals surface area contributed by atoms with Crippen LogP contribution in [0.5, 0.6) is 0 Å². The summed E-state index contributed by atoms with van der Waals surface area (Å²) in [6.07, 6.45) is 2.92. The number of hydrogen-bond acceptors (Lipinski definition) is 3. The lowest BCUT2D eigenvalue weighted by atomic mass is 10.2. The molecule has 18 heavy (non-hydrogen) atoms. The lowest BCUT2D eigenvalue weighted by Gasteiger charge is -2.06. The molecule has 0 aliphatic carbocycles. The third kappa shape index (κ3) is 1.65. The molecular weight excluding hydrogens is 296 g/mol. The van der Waals surface area contributed by atoms with Gasteiger partial charge in [-0.15, -0.1) is 0 Å². The Labute approximate surface area is 111 Å². The first-order valence-corrected chi connectivity index (χ1v) is 6.14. The number of aryl methyl sites for hydroxylation is 1. The maximum absolute atomic E-state index is 11.6. The van der Waals surface area contributed by atoms with Crippen LogP contribution in [0.3, 0.4) is 0 Å². The third-order valence-corrected chi connectivity index (χ3v) is 3.25. The van der Waals surface area contributed by atoms with Crippen LogP contribution in [0, 0.1) is 6.92 Å². The quantitative estimate of drug-likeness (QED) is 0.749. The Bertz CT molecular complexity index is 790. The summed E-state index contributed by atoms with van der Waals surface area (Å²) in [5, 5.41) is 4.72. The van der Waals surface area contributed by atoms with Crippen LogP contribution in [0.25, 0.3) is 16.7 Å². The summed E-state index contributed by atoms with van der Waals surface area (Å²) >= 11 is 3.42. The van der Waals surface area contributed by atoms with Crippen LogP contribution in [0.4, 0.5) is 0 Å². The van der Waals surface area contributed by atoms with Gasteiger partial charge in [0, 0.05) is 4.47 Å². The minimum absolute atomic E-state index is 0.180. The lowest BCUT2D eigenvalue weighted by Crippen LogP contribution is -2.07. The fraction of sp³-hybridized carbons (Fsp3) is 0.0833. The summed E-state index contributed by atoms with van der Waals surface area (Å²) in [4.78, 5) is 18.3. The molecule has 0 fully saturated rings.